The third kappa shape index (κ3) is 3.25. The van der Waals surface area contributed by atoms with Crippen LogP contribution in [0.15, 0.2) is 0 Å². The van der Waals surface area contributed by atoms with E-state index in [9.17, 15) is 0 Å². The summed E-state index contributed by atoms with van der Waals surface area (Å²) in [6.45, 7) is 10.9. The summed E-state index contributed by atoms with van der Waals surface area (Å²) in [7, 11) is 0. The quantitative estimate of drug-likeness (QED) is 0.643. The van der Waals surface area contributed by atoms with Crippen LogP contribution in [0.25, 0.3) is 0 Å². The number of piperidine rings is 1. The van der Waals surface area contributed by atoms with Gasteiger partial charge in [0.1, 0.15) is 0 Å². The van der Waals surface area contributed by atoms with Crippen LogP contribution >= 0.6 is 0 Å². The van der Waals surface area contributed by atoms with Crippen molar-refractivity contribution in [2.45, 2.75) is 46.1 Å². The van der Waals surface area contributed by atoms with Crippen molar-refractivity contribution in [3.63, 3.8) is 0 Å². The smallest absolute Gasteiger partial charge is 0.0622 e. The summed E-state index contributed by atoms with van der Waals surface area (Å²) in [5.74, 6) is 0.902. The van der Waals surface area contributed by atoms with Crippen molar-refractivity contribution < 1.29 is 4.74 Å². The first-order valence-corrected chi connectivity index (χ1v) is 6.18. The first-order valence-electron chi connectivity index (χ1n) is 6.18. The van der Waals surface area contributed by atoms with Gasteiger partial charge in [0.25, 0.3) is 0 Å². The van der Waals surface area contributed by atoms with Crippen LogP contribution in [0.2, 0.25) is 0 Å². The van der Waals surface area contributed by atoms with Gasteiger partial charge in [0.05, 0.1) is 6.61 Å². The molecule has 2 heterocycles. The first-order chi connectivity index (χ1) is 6.86. The van der Waals surface area contributed by atoms with Crippen molar-refractivity contribution in [2.75, 3.05) is 26.3 Å². The highest BCUT2D eigenvalue weighted by Crippen LogP contribution is 2.21. The average molecular weight is 199 g/mol. The van der Waals surface area contributed by atoms with E-state index in [2.05, 4.69) is 11.8 Å². The monoisotopic (exact) mass is 199 g/mol. The number of hydrogen-bond acceptors (Lipinski definition) is 2. The maximum Gasteiger partial charge on any atom is 0.0622 e. The first kappa shape index (κ1) is 12.0. The van der Waals surface area contributed by atoms with E-state index in [-0.39, 0.29) is 0 Å². The zero-order valence-corrected chi connectivity index (χ0v) is 9.96. The van der Waals surface area contributed by atoms with Gasteiger partial charge in [-0.05, 0) is 31.7 Å². The van der Waals surface area contributed by atoms with Crippen LogP contribution in [0.4, 0.5) is 0 Å². The molecule has 0 N–H and O–H groups in total. The van der Waals surface area contributed by atoms with Gasteiger partial charge < -0.3 is 4.74 Å². The van der Waals surface area contributed by atoms with E-state index in [0.717, 1.165) is 25.2 Å². The summed E-state index contributed by atoms with van der Waals surface area (Å²) < 4.78 is 5.40. The molecule has 0 aromatic carbocycles. The normalized spacial score (nSPS) is 33.6. The largest absolute Gasteiger partial charge is 0.380 e. The molecule has 0 aromatic rings. The van der Waals surface area contributed by atoms with Gasteiger partial charge in [0, 0.05) is 19.2 Å². The molecular formula is C12H25NO. The van der Waals surface area contributed by atoms with Gasteiger partial charge in [0.15, 0.2) is 0 Å². The van der Waals surface area contributed by atoms with Crippen molar-refractivity contribution in [1.82, 2.24) is 4.90 Å². The third-order valence-corrected chi connectivity index (χ3v) is 3.11. The minimum Gasteiger partial charge on any atom is -0.380 e. The number of ether oxygens (including phenoxy) is 1. The fourth-order valence-electron chi connectivity index (χ4n) is 2.37. The fraction of sp³-hybridized carbons (Fsp3) is 1.00. The average Bonchev–Trinajstić information content (AvgIpc) is 2.74. The molecule has 2 rings (SSSR count). The molecule has 0 aliphatic carbocycles. The molecule has 2 nitrogen and oxygen atoms in total. The van der Waals surface area contributed by atoms with Crippen LogP contribution < -0.4 is 0 Å². The van der Waals surface area contributed by atoms with Gasteiger partial charge in [-0.25, -0.2) is 0 Å². The molecule has 2 fully saturated rings. The Kier molecular flexibility index (Phi) is 5.49. The summed E-state index contributed by atoms with van der Waals surface area (Å²) in [6.07, 6.45) is 4.06. The van der Waals surface area contributed by atoms with Crippen LogP contribution in [0.1, 0.15) is 40.0 Å². The lowest BCUT2D eigenvalue weighted by Crippen LogP contribution is -2.42. The zero-order chi connectivity index (χ0) is 10.4. The van der Waals surface area contributed by atoms with E-state index in [1.54, 1.807) is 0 Å². The molecular weight excluding hydrogens is 174 g/mol. The van der Waals surface area contributed by atoms with Gasteiger partial charge in [-0.1, -0.05) is 20.8 Å². The highest BCUT2D eigenvalue weighted by Gasteiger charge is 2.26. The second-order valence-electron chi connectivity index (χ2n) is 4.26. The van der Waals surface area contributed by atoms with E-state index in [1.807, 2.05) is 13.8 Å². The predicted octanol–water partition coefficient (Wildman–Crippen LogP) is 2.53. The number of nitrogens with zero attached hydrogens (tertiary/aromatic N) is 1. The minimum absolute atomic E-state index is 0.743. The number of likely N-dealkylation sites (tertiary alicyclic amines) is 1. The SMILES string of the molecule is CC.CC1CCCN(C2CCOC2)C1. The zero-order valence-electron chi connectivity index (χ0n) is 9.96. The molecule has 2 unspecified atom stereocenters. The Bertz CT molecular complexity index is 143. The Labute approximate surface area is 88.6 Å². The second kappa shape index (κ2) is 6.41. The molecule has 84 valence electrons. The highest BCUT2D eigenvalue weighted by molar-refractivity contribution is 4.79. The van der Waals surface area contributed by atoms with Gasteiger partial charge in [-0.15, -0.1) is 0 Å². The Hall–Kier alpha value is -0.0800. The molecule has 2 aliphatic heterocycles. The molecule has 0 spiro atoms. The van der Waals surface area contributed by atoms with Crippen molar-refractivity contribution in [3.8, 4) is 0 Å². The summed E-state index contributed by atoms with van der Waals surface area (Å²) in [5.41, 5.74) is 0. The molecule has 2 saturated heterocycles. The lowest BCUT2D eigenvalue weighted by Gasteiger charge is -2.34. The fourth-order valence-corrected chi connectivity index (χ4v) is 2.37. The summed E-state index contributed by atoms with van der Waals surface area (Å²) in [4.78, 5) is 2.63. The van der Waals surface area contributed by atoms with E-state index < -0.39 is 0 Å². The molecule has 2 aliphatic rings. The van der Waals surface area contributed by atoms with Gasteiger partial charge >= 0.3 is 0 Å². The van der Waals surface area contributed by atoms with E-state index in [0.29, 0.717) is 0 Å². The summed E-state index contributed by atoms with van der Waals surface area (Å²) >= 11 is 0. The number of hydrogen-bond donors (Lipinski definition) is 0. The van der Waals surface area contributed by atoms with E-state index in [4.69, 9.17) is 4.74 Å². The van der Waals surface area contributed by atoms with Gasteiger partial charge in [-0.3, -0.25) is 4.90 Å². The number of rotatable bonds is 1. The summed E-state index contributed by atoms with van der Waals surface area (Å²) in [5, 5.41) is 0. The van der Waals surface area contributed by atoms with Crippen LogP contribution in [0, 0.1) is 5.92 Å². The molecule has 0 aromatic heterocycles. The third-order valence-electron chi connectivity index (χ3n) is 3.11. The molecule has 2 heteroatoms. The lowest BCUT2D eigenvalue weighted by molar-refractivity contribution is 0.108. The molecule has 0 bridgehead atoms. The Morgan fingerprint density at radius 2 is 2.00 bits per heavy atom. The van der Waals surface area contributed by atoms with Crippen molar-refractivity contribution in [2.24, 2.45) is 5.92 Å². The van der Waals surface area contributed by atoms with Crippen molar-refractivity contribution in [3.05, 3.63) is 0 Å². The van der Waals surface area contributed by atoms with Crippen molar-refractivity contribution in [1.29, 1.82) is 0 Å². The van der Waals surface area contributed by atoms with Gasteiger partial charge in [0.2, 0.25) is 0 Å². The highest BCUT2D eigenvalue weighted by atomic mass is 16.5. The summed E-state index contributed by atoms with van der Waals surface area (Å²) in [6, 6.07) is 0.743. The molecule has 0 saturated carbocycles. The van der Waals surface area contributed by atoms with Gasteiger partial charge in [-0.2, -0.15) is 0 Å². The molecule has 0 radical (unpaired) electrons. The van der Waals surface area contributed by atoms with Crippen LogP contribution in [0.3, 0.4) is 0 Å². The maximum absolute atomic E-state index is 5.40. The predicted molar refractivity (Wildman–Crippen MR) is 60.5 cm³/mol. The molecule has 2 atom stereocenters. The van der Waals surface area contributed by atoms with Crippen LogP contribution in [-0.4, -0.2) is 37.2 Å². The van der Waals surface area contributed by atoms with Crippen molar-refractivity contribution >= 4 is 0 Å². The van der Waals surface area contributed by atoms with E-state index >= 15 is 0 Å². The Morgan fingerprint density at radius 3 is 2.57 bits per heavy atom. The van der Waals surface area contributed by atoms with Crippen LogP contribution in [-0.2, 0) is 4.74 Å². The molecule has 14 heavy (non-hydrogen) atoms. The molecule has 0 amide bonds. The lowest BCUT2D eigenvalue weighted by atomic mass is 9.98. The topological polar surface area (TPSA) is 12.5 Å². The Balaban J connectivity index is 0.000000461. The minimum atomic E-state index is 0.743. The van der Waals surface area contributed by atoms with E-state index in [1.165, 1.54) is 32.4 Å². The second-order valence-corrected chi connectivity index (χ2v) is 4.26. The van der Waals surface area contributed by atoms with Crippen LogP contribution in [0.5, 0.6) is 0 Å². The standard InChI is InChI=1S/C10H19NO.C2H6/c1-9-3-2-5-11(7-9)10-4-6-12-8-10;1-2/h9-10H,2-8H2,1H3;1-2H3. The Morgan fingerprint density at radius 1 is 1.21 bits per heavy atom. The maximum atomic E-state index is 5.40.